The fraction of sp³-hybridized carbons (Fsp3) is 0.333. The van der Waals surface area contributed by atoms with Crippen molar-refractivity contribution in [2.75, 3.05) is 13.0 Å². The number of halogens is 1. The molecule has 0 aliphatic carbocycles. The summed E-state index contributed by atoms with van der Waals surface area (Å²) in [7, 11) is 1.69. The Hall–Kier alpha value is -0.950. The minimum Gasteiger partial charge on any atom is -0.496 e. The van der Waals surface area contributed by atoms with E-state index in [-0.39, 0.29) is 0 Å². The van der Waals surface area contributed by atoms with Crippen molar-refractivity contribution in [2.24, 2.45) is 0 Å². The molecule has 14 heavy (non-hydrogen) atoms. The molecule has 0 radical (unpaired) electrons. The number of methoxy groups -OCH3 is 1. The summed E-state index contributed by atoms with van der Waals surface area (Å²) in [6.07, 6.45) is 3.01. The number of allylic oxidation sites excluding steroid dienone is 2. The predicted molar refractivity (Wildman–Crippen MR) is 61.2 cm³/mol. The number of hydrogen-bond acceptors (Lipinski definition) is 1. The van der Waals surface area contributed by atoms with Gasteiger partial charge in [-0.1, -0.05) is 29.8 Å². The van der Waals surface area contributed by atoms with Crippen molar-refractivity contribution in [3.63, 3.8) is 0 Å². The lowest BCUT2D eigenvalue weighted by molar-refractivity contribution is 0.410. The molecule has 0 unspecified atom stereocenters. The number of ether oxygens (including phenoxy) is 1. The second-order valence-corrected chi connectivity index (χ2v) is 3.47. The van der Waals surface area contributed by atoms with Crippen LogP contribution in [0.5, 0.6) is 5.75 Å². The number of alkyl halides is 1. The second kappa shape index (κ2) is 5.71. The molecule has 76 valence electrons. The van der Waals surface area contributed by atoms with Crippen LogP contribution in [0.4, 0.5) is 0 Å². The van der Waals surface area contributed by atoms with Gasteiger partial charge in [-0.25, -0.2) is 0 Å². The van der Waals surface area contributed by atoms with E-state index in [0.717, 1.165) is 12.2 Å². The van der Waals surface area contributed by atoms with E-state index in [9.17, 15) is 0 Å². The maximum atomic E-state index is 5.69. The third kappa shape index (κ3) is 3.08. The summed E-state index contributed by atoms with van der Waals surface area (Å²) >= 11 is 5.69. The predicted octanol–water partition coefficient (Wildman–Crippen LogP) is 3.42. The third-order valence-corrected chi connectivity index (χ3v) is 2.50. The Morgan fingerprint density at radius 2 is 2.14 bits per heavy atom. The first-order chi connectivity index (χ1) is 6.77. The van der Waals surface area contributed by atoms with E-state index in [0.29, 0.717) is 5.88 Å². The summed E-state index contributed by atoms with van der Waals surface area (Å²) in [5.41, 5.74) is 2.39. The van der Waals surface area contributed by atoms with Crippen molar-refractivity contribution in [1.29, 1.82) is 0 Å². The topological polar surface area (TPSA) is 9.23 Å². The molecule has 0 bridgehead atoms. The zero-order chi connectivity index (χ0) is 10.4. The minimum absolute atomic E-state index is 0.592. The van der Waals surface area contributed by atoms with Crippen molar-refractivity contribution in [3.05, 3.63) is 41.5 Å². The van der Waals surface area contributed by atoms with Crippen LogP contribution in [0.3, 0.4) is 0 Å². The average molecular weight is 211 g/mol. The van der Waals surface area contributed by atoms with Crippen LogP contribution in [0.25, 0.3) is 0 Å². The van der Waals surface area contributed by atoms with Gasteiger partial charge in [-0.2, -0.15) is 0 Å². The normalized spacial score (nSPS) is 11.5. The van der Waals surface area contributed by atoms with Crippen molar-refractivity contribution in [2.45, 2.75) is 13.3 Å². The summed E-state index contributed by atoms with van der Waals surface area (Å²) in [5, 5.41) is 0. The Morgan fingerprint density at radius 1 is 1.43 bits per heavy atom. The van der Waals surface area contributed by atoms with Crippen LogP contribution >= 0.6 is 11.6 Å². The van der Waals surface area contributed by atoms with Crippen molar-refractivity contribution >= 4 is 11.6 Å². The van der Waals surface area contributed by atoms with Crippen LogP contribution < -0.4 is 4.74 Å². The summed E-state index contributed by atoms with van der Waals surface area (Å²) in [6.45, 7) is 2.03. The number of rotatable bonds is 4. The molecule has 0 saturated carbocycles. The van der Waals surface area contributed by atoms with E-state index in [1.165, 1.54) is 11.1 Å². The smallest absolute Gasteiger partial charge is 0.122 e. The molecule has 0 fully saturated rings. The molecule has 0 atom stereocenters. The highest BCUT2D eigenvalue weighted by Gasteiger charge is 1.98. The average Bonchev–Trinajstić information content (AvgIpc) is 2.26. The lowest BCUT2D eigenvalue weighted by Gasteiger charge is -2.05. The van der Waals surface area contributed by atoms with E-state index < -0.39 is 0 Å². The number of hydrogen-bond donors (Lipinski definition) is 0. The van der Waals surface area contributed by atoms with Gasteiger partial charge in [-0.3, -0.25) is 0 Å². The molecule has 1 aromatic carbocycles. The summed E-state index contributed by atoms with van der Waals surface area (Å²) < 4.78 is 5.25. The van der Waals surface area contributed by atoms with Gasteiger partial charge < -0.3 is 4.74 Å². The van der Waals surface area contributed by atoms with Crippen LogP contribution in [0.15, 0.2) is 35.9 Å². The Morgan fingerprint density at radius 3 is 2.79 bits per heavy atom. The largest absolute Gasteiger partial charge is 0.496 e. The molecule has 0 heterocycles. The van der Waals surface area contributed by atoms with Crippen LogP contribution in [0.2, 0.25) is 0 Å². The molecule has 2 heteroatoms. The first kappa shape index (κ1) is 11.1. The molecular weight excluding hydrogens is 196 g/mol. The SMILES string of the molecule is COc1ccccc1C/C=C(\C)CCl. The van der Waals surface area contributed by atoms with Crippen molar-refractivity contribution in [1.82, 2.24) is 0 Å². The first-order valence-corrected chi connectivity index (χ1v) is 5.15. The number of para-hydroxylation sites is 1. The van der Waals surface area contributed by atoms with Crippen LogP contribution in [-0.4, -0.2) is 13.0 Å². The lowest BCUT2D eigenvalue weighted by Crippen LogP contribution is -1.90. The first-order valence-electron chi connectivity index (χ1n) is 4.61. The monoisotopic (exact) mass is 210 g/mol. The van der Waals surface area contributed by atoms with Crippen molar-refractivity contribution < 1.29 is 4.74 Å². The molecule has 0 N–H and O–H groups in total. The highest BCUT2D eigenvalue weighted by atomic mass is 35.5. The Bertz CT molecular complexity index is 318. The zero-order valence-electron chi connectivity index (χ0n) is 8.59. The Labute approximate surface area is 90.3 Å². The van der Waals surface area contributed by atoms with Crippen molar-refractivity contribution in [3.8, 4) is 5.75 Å². The van der Waals surface area contributed by atoms with Crippen LogP contribution in [0.1, 0.15) is 12.5 Å². The molecule has 0 spiro atoms. The molecule has 1 aromatic rings. The quantitative estimate of drug-likeness (QED) is 0.547. The lowest BCUT2D eigenvalue weighted by atomic mass is 10.1. The molecule has 0 aromatic heterocycles. The maximum absolute atomic E-state index is 5.69. The van der Waals surface area contributed by atoms with E-state index in [1.807, 2.05) is 25.1 Å². The highest BCUT2D eigenvalue weighted by Crippen LogP contribution is 2.18. The molecule has 0 aliphatic heterocycles. The highest BCUT2D eigenvalue weighted by molar-refractivity contribution is 6.19. The Balaban J connectivity index is 2.76. The zero-order valence-corrected chi connectivity index (χ0v) is 9.34. The fourth-order valence-electron chi connectivity index (χ4n) is 1.21. The van der Waals surface area contributed by atoms with Gasteiger partial charge in [0.15, 0.2) is 0 Å². The molecule has 1 nitrogen and oxygen atoms in total. The standard InChI is InChI=1S/C12H15ClO/c1-10(9-13)7-8-11-5-3-4-6-12(11)14-2/h3-7H,8-9H2,1-2H3/b10-7+. The van der Waals surface area contributed by atoms with Gasteiger partial charge in [0.1, 0.15) is 5.75 Å². The molecule has 1 rings (SSSR count). The van der Waals surface area contributed by atoms with E-state index in [4.69, 9.17) is 16.3 Å². The Kier molecular flexibility index (Phi) is 4.54. The second-order valence-electron chi connectivity index (χ2n) is 3.20. The molecule has 0 aliphatic rings. The maximum Gasteiger partial charge on any atom is 0.122 e. The van der Waals surface area contributed by atoms with Crippen LogP contribution in [0, 0.1) is 0 Å². The van der Waals surface area contributed by atoms with Gasteiger partial charge >= 0.3 is 0 Å². The minimum atomic E-state index is 0.592. The van der Waals surface area contributed by atoms with Gasteiger partial charge in [0.05, 0.1) is 7.11 Å². The van der Waals surface area contributed by atoms with E-state index >= 15 is 0 Å². The molecule has 0 amide bonds. The number of benzene rings is 1. The van der Waals surface area contributed by atoms with E-state index in [2.05, 4.69) is 12.1 Å². The van der Waals surface area contributed by atoms with Crippen LogP contribution in [-0.2, 0) is 6.42 Å². The molecule has 0 saturated heterocycles. The van der Waals surface area contributed by atoms with E-state index in [1.54, 1.807) is 7.11 Å². The molecular formula is C12H15ClO. The summed E-state index contributed by atoms with van der Waals surface area (Å²) in [5.74, 6) is 1.53. The summed E-state index contributed by atoms with van der Waals surface area (Å²) in [4.78, 5) is 0. The van der Waals surface area contributed by atoms with Gasteiger partial charge in [-0.05, 0) is 25.0 Å². The van der Waals surface area contributed by atoms with Gasteiger partial charge in [-0.15, -0.1) is 11.6 Å². The van der Waals surface area contributed by atoms with Gasteiger partial charge in [0.25, 0.3) is 0 Å². The van der Waals surface area contributed by atoms with Gasteiger partial charge in [0, 0.05) is 5.88 Å². The fourth-order valence-corrected chi connectivity index (χ4v) is 1.32. The third-order valence-electron chi connectivity index (χ3n) is 2.07. The summed E-state index contributed by atoms with van der Waals surface area (Å²) in [6, 6.07) is 8.03. The van der Waals surface area contributed by atoms with Gasteiger partial charge in [0.2, 0.25) is 0 Å².